The summed E-state index contributed by atoms with van der Waals surface area (Å²) in [7, 11) is 0. The summed E-state index contributed by atoms with van der Waals surface area (Å²) in [5.74, 6) is -0.145. The molecular formula is C13H13ClN2O2S. The lowest BCUT2D eigenvalue weighted by Crippen LogP contribution is -2.48. The first-order chi connectivity index (χ1) is 9.25. The van der Waals surface area contributed by atoms with Crippen molar-refractivity contribution in [3.63, 3.8) is 0 Å². The zero-order valence-corrected chi connectivity index (χ0v) is 11.8. The fourth-order valence-corrected chi connectivity index (χ4v) is 3.44. The largest absolute Gasteiger partial charge is 0.379 e. The van der Waals surface area contributed by atoms with Crippen molar-refractivity contribution in [2.45, 2.75) is 0 Å². The second-order valence-electron chi connectivity index (χ2n) is 4.28. The molecule has 2 aromatic rings. The maximum Gasteiger partial charge on any atom is 0.277 e. The number of amides is 1. The van der Waals surface area contributed by atoms with E-state index < -0.39 is 0 Å². The fourth-order valence-electron chi connectivity index (χ4n) is 2.03. The molecule has 0 spiro atoms. The van der Waals surface area contributed by atoms with Crippen LogP contribution in [0.3, 0.4) is 0 Å². The first kappa shape index (κ1) is 12.9. The summed E-state index contributed by atoms with van der Waals surface area (Å²) in [6, 6.07) is 7.76. The molecule has 1 saturated heterocycles. The summed E-state index contributed by atoms with van der Waals surface area (Å²) in [5, 5.41) is 3.33. The summed E-state index contributed by atoms with van der Waals surface area (Å²) >= 11 is 7.69. The molecule has 1 N–H and O–H groups in total. The van der Waals surface area contributed by atoms with Crippen LogP contribution < -0.4 is 5.43 Å². The van der Waals surface area contributed by atoms with E-state index in [9.17, 15) is 4.79 Å². The summed E-state index contributed by atoms with van der Waals surface area (Å²) in [6.45, 7) is 2.68. The zero-order valence-electron chi connectivity index (χ0n) is 10.2. The van der Waals surface area contributed by atoms with Crippen LogP contribution >= 0.6 is 22.9 Å². The number of thiophene rings is 1. The van der Waals surface area contributed by atoms with Gasteiger partial charge in [0.15, 0.2) is 0 Å². The monoisotopic (exact) mass is 296 g/mol. The number of rotatable bonds is 2. The zero-order chi connectivity index (χ0) is 13.2. The quantitative estimate of drug-likeness (QED) is 0.926. The number of nitrogens with one attached hydrogen (secondary N) is 1. The molecule has 1 aromatic heterocycles. The Bertz CT molecular complexity index is 608. The molecule has 1 aliphatic rings. The van der Waals surface area contributed by atoms with Crippen molar-refractivity contribution in [3.05, 3.63) is 34.2 Å². The van der Waals surface area contributed by atoms with Gasteiger partial charge in [-0.3, -0.25) is 10.2 Å². The maximum absolute atomic E-state index is 12.2. The number of hydrogen-bond acceptors (Lipinski definition) is 4. The first-order valence-corrected chi connectivity index (χ1v) is 7.26. The van der Waals surface area contributed by atoms with Crippen molar-refractivity contribution >= 4 is 38.9 Å². The first-order valence-electron chi connectivity index (χ1n) is 6.06. The Morgan fingerprint density at radius 3 is 2.79 bits per heavy atom. The minimum atomic E-state index is -0.145. The molecule has 3 rings (SSSR count). The molecule has 1 amide bonds. The van der Waals surface area contributed by atoms with Crippen LogP contribution in [0.4, 0.5) is 0 Å². The SMILES string of the molecule is O=C(NN1CCOCC1)c1sc2ccccc2c1Cl. The molecular weight excluding hydrogens is 284 g/mol. The molecule has 100 valence electrons. The third-order valence-corrected chi connectivity index (χ3v) is 4.69. The van der Waals surface area contributed by atoms with Crippen LogP contribution in [0.1, 0.15) is 9.67 Å². The lowest BCUT2D eigenvalue weighted by Gasteiger charge is -2.26. The van der Waals surface area contributed by atoms with E-state index in [1.54, 1.807) is 0 Å². The molecule has 2 heterocycles. The van der Waals surface area contributed by atoms with Crippen molar-refractivity contribution in [2.24, 2.45) is 0 Å². The van der Waals surface area contributed by atoms with E-state index in [1.165, 1.54) is 11.3 Å². The number of carbonyl (C=O) groups excluding carboxylic acids is 1. The Morgan fingerprint density at radius 1 is 1.32 bits per heavy atom. The Morgan fingerprint density at radius 2 is 2.05 bits per heavy atom. The van der Waals surface area contributed by atoms with Crippen LogP contribution in [-0.2, 0) is 4.74 Å². The van der Waals surface area contributed by atoms with Gasteiger partial charge in [-0.25, -0.2) is 5.01 Å². The van der Waals surface area contributed by atoms with E-state index in [1.807, 2.05) is 29.3 Å². The van der Waals surface area contributed by atoms with Crippen molar-refractivity contribution in [1.29, 1.82) is 0 Å². The molecule has 0 bridgehead atoms. The van der Waals surface area contributed by atoms with Crippen LogP contribution in [-0.4, -0.2) is 37.2 Å². The van der Waals surface area contributed by atoms with E-state index in [0.717, 1.165) is 10.1 Å². The van der Waals surface area contributed by atoms with E-state index in [4.69, 9.17) is 16.3 Å². The van der Waals surface area contributed by atoms with Gasteiger partial charge in [0.25, 0.3) is 5.91 Å². The van der Waals surface area contributed by atoms with Gasteiger partial charge in [-0.2, -0.15) is 0 Å². The predicted molar refractivity (Wildman–Crippen MR) is 76.7 cm³/mol. The van der Waals surface area contributed by atoms with E-state index in [2.05, 4.69) is 5.43 Å². The van der Waals surface area contributed by atoms with Crippen molar-refractivity contribution in [1.82, 2.24) is 10.4 Å². The van der Waals surface area contributed by atoms with Crippen LogP contribution in [0.2, 0.25) is 5.02 Å². The second kappa shape index (κ2) is 5.46. The Hall–Kier alpha value is -1.14. The van der Waals surface area contributed by atoms with E-state index in [-0.39, 0.29) is 5.91 Å². The number of fused-ring (bicyclic) bond motifs is 1. The minimum Gasteiger partial charge on any atom is -0.379 e. The Labute approximate surface area is 119 Å². The molecule has 19 heavy (non-hydrogen) atoms. The minimum absolute atomic E-state index is 0.145. The second-order valence-corrected chi connectivity index (χ2v) is 5.71. The molecule has 0 aliphatic carbocycles. The molecule has 1 aliphatic heterocycles. The van der Waals surface area contributed by atoms with Crippen molar-refractivity contribution < 1.29 is 9.53 Å². The summed E-state index contributed by atoms with van der Waals surface area (Å²) < 4.78 is 6.27. The topological polar surface area (TPSA) is 41.6 Å². The lowest BCUT2D eigenvalue weighted by atomic mass is 10.2. The molecule has 0 saturated carbocycles. The molecule has 0 unspecified atom stereocenters. The lowest BCUT2D eigenvalue weighted by molar-refractivity contribution is 0.0127. The highest BCUT2D eigenvalue weighted by atomic mass is 35.5. The number of morpholine rings is 1. The van der Waals surface area contributed by atoms with Crippen molar-refractivity contribution in [2.75, 3.05) is 26.3 Å². The summed E-state index contributed by atoms with van der Waals surface area (Å²) in [4.78, 5) is 12.8. The normalized spacial score (nSPS) is 16.7. The Balaban J connectivity index is 1.83. The number of benzene rings is 1. The summed E-state index contributed by atoms with van der Waals surface area (Å²) in [6.07, 6.45) is 0. The van der Waals surface area contributed by atoms with Gasteiger partial charge in [-0.05, 0) is 6.07 Å². The van der Waals surface area contributed by atoms with Gasteiger partial charge in [-0.1, -0.05) is 29.8 Å². The smallest absolute Gasteiger partial charge is 0.277 e. The molecule has 0 atom stereocenters. The number of nitrogens with zero attached hydrogens (tertiary/aromatic N) is 1. The van der Waals surface area contributed by atoms with Gasteiger partial charge in [0.2, 0.25) is 0 Å². The van der Waals surface area contributed by atoms with Gasteiger partial charge >= 0.3 is 0 Å². The number of halogens is 1. The van der Waals surface area contributed by atoms with Gasteiger partial charge < -0.3 is 4.74 Å². The molecule has 0 radical (unpaired) electrons. The van der Waals surface area contributed by atoms with Crippen molar-refractivity contribution in [3.8, 4) is 0 Å². The molecule has 6 heteroatoms. The van der Waals surface area contributed by atoms with Crippen LogP contribution in [0.15, 0.2) is 24.3 Å². The van der Waals surface area contributed by atoms with Gasteiger partial charge in [0, 0.05) is 23.2 Å². The van der Waals surface area contributed by atoms with Crippen LogP contribution in [0.25, 0.3) is 10.1 Å². The molecule has 1 aromatic carbocycles. The fraction of sp³-hybridized carbons (Fsp3) is 0.308. The Kier molecular flexibility index (Phi) is 3.70. The average molecular weight is 297 g/mol. The van der Waals surface area contributed by atoms with Crippen LogP contribution in [0.5, 0.6) is 0 Å². The third-order valence-electron chi connectivity index (χ3n) is 3.01. The van der Waals surface area contributed by atoms with Gasteiger partial charge in [-0.15, -0.1) is 11.3 Å². The third kappa shape index (κ3) is 2.60. The summed E-state index contributed by atoms with van der Waals surface area (Å²) in [5.41, 5.74) is 2.88. The molecule has 4 nitrogen and oxygen atoms in total. The number of carbonyl (C=O) groups is 1. The highest BCUT2D eigenvalue weighted by molar-refractivity contribution is 7.21. The van der Waals surface area contributed by atoms with E-state index >= 15 is 0 Å². The highest BCUT2D eigenvalue weighted by Gasteiger charge is 2.19. The maximum atomic E-state index is 12.2. The van der Waals surface area contributed by atoms with Crippen LogP contribution in [0, 0.1) is 0 Å². The van der Waals surface area contributed by atoms with E-state index in [0.29, 0.717) is 36.2 Å². The molecule has 1 fully saturated rings. The number of hydrazine groups is 1. The number of ether oxygens (including phenoxy) is 1. The highest BCUT2D eigenvalue weighted by Crippen LogP contribution is 2.34. The number of hydrogen-bond donors (Lipinski definition) is 1. The van der Waals surface area contributed by atoms with Gasteiger partial charge in [0.05, 0.1) is 18.2 Å². The van der Waals surface area contributed by atoms with Gasteiger partial charge in [0.1, 0.15) is 4.88 Å². The predicted octanol–water partition coefficient (Wildman–Crippen LogP) is 2.53. The standard InChI is InChI=1S/C13H13ClN2O2S/c14-11-9-3-1-2-4-10(9)19-12(11)13(17)15-16-5-7-18-8-6-16/h1-4H,5-8H2,(H,15,17). The average Bonchev–Trinajstić information content (AvgIpc) is 2.78.